The Labute approximate surface area is 143 Å². The van der Waals surface area contributed by atoms with Crippen LogP contribution in [0.2, 0.25) is 0 Å². The maximum Gasteiger partial charge on any atom is 0.267 e. The lowest BCUT2D eigenvalue weighted by Crippen LogP contribution is -2.27. The van der Waals surface area contributed by atoms with E-state index in [0.717, 1.165) is 12.8 Å². The molecule has 1 unspecified atom stereocenters. The zero-order chi connectivity index (χ0) is 17.8. The Balaban J connectivity index is 3.62. The van der Waals surface area contributed by atoms with E-state index in [2.05, 4.69) is 6.92 Å². The molecule has 0 aliphatic rings. The molecular formula is C18H38O4S. The van der Waals surface area contributed by atoms with Gasteiger partial charge in [0.1, 0.15) is 5.75 Å². The molecule has 0 saturated carbocycles. The van der Waals surface area contributed by atoms with Gasteiger partial charge < -0.3 is 5.11 Å². The van der Waals surface area contributed by atoms with Crippen molar-refractivity contribution in [1.29, 1.82) is 0 Å². The van der Waals surface area contributed by atoms with Gasteiger partial charge in [-0.3, -0.25) is 4.55 Å². The van der Waals surface area contributed by atoms with E-state index in [1.165, 1.54) is 57.8 Å². The van der Waals surface area contributed by atoms with Crippen molar-refractivity contribution < 1.29 is 18.1 Å². The molecule has 0 spiro atoms. The van der Waals surface area contributed by atoms with Crippen LogP contribution < -0.4 is 0 Å². The SMILES string of the molecule is CCCCCCCCCCCCC(C)(C)CC(O)CS(=O)(=O)O. The second-order valence-electron chi connectivity index (χ2n) is 7.70. The molecule has 23 heavy (non-hydrogen) atoms. The van der Waals surface area contributed by atoms with Gasteiger partial charge in [-0.1, -0.05) is 85.0 Å². The first-order chi connectivity index (χ1) is 10.7. The lowest BCUT2D eigenvalue weighted by atomic mass is 9.82. The predicted octanol–water partition coefficient (Wildman–Crippen LogP) is 4.96. The summed E-state index contributed by atoms with van der Waals surface area (Å²) in [6.45, 7) is 6.34. The van der Waals surface area contributed by atoms with Crippen LogP contribution in [0, 0.1) is 5.41 Å². The molecule has 0 radical (unpaired) electrons. The summed E-state index contributed by atoms with van der Waals surface area (Å²) in [6, 6.07) is 0. The smallest absolute Gasteiger partial charge is 0.267 e. The van der Waals surface area contributed by atoms with Crippen molar-refractivity contribution in [2.75, 3.05) is 5.75 Å². The van der Waals surface area contributed by atoms with Crippen molar-refractivity contribution in [3.63, 3.8) is 0 Å². The summed E-state index contributed by atoms with van der Waals surface area (Å²) in [4.78, 5) is 0. The van der Waals surface area contributed by atoms with E-state index in [4.69, 9.17) is 4.55 Å². The third kappa shape index (κ3) is 16.5. The van der Waals surface area contributed by atoms with Crippen molar-refractivity contribution in [2.45, 2.75) is 104 Å². The van der Waals surface area contributed by atoms with Crippen LogP contribution >= 0.6 is 0 Å². The molecule has 0 aliphatic heterocycles. The summed E-state index contributed by atoms with van der Waals surface area (Å²) in [5.74, 6) is -0.561. The molecule has 4 nitrogen and oxygen atoms in total. The third-order valence-corrected chi connectivity index (χ3v) is 5.20. The first-order valence-electron chi connectivity index (χ1n) is 9.29. The second-order valence-corrected chi connectivity index (χ2v) is 9.20. The zero-order valence-electron chi connectivity index (χ0n) is 15.4. The number of aliphatic hydroxyl groups excluding tert-OH is 1. The van der Waals surface area contributed by atoms with Gasteiger partial charge in [0.25, 0.3) is 10.1 Å². The minimum Gasteiger partial charge on any atom is -0.392 e. The minimum absolute atomic E-state index is 0.0930. The summed E-state index contributed by atoms with van der Waals surface area (Å²) in [5, 5.41) is 9.74. The Morgan fingerprint density at radius 2 is 1.30 bits per heavy atom. The quantitative estimate of drug-likeness (QED) is 0.323. The molecule has 0 bridgehead atoms. The molecular weight excluding hydrogens is 312 g/mol. The van der Waals surface area contributed by atoms with Gasteiger partial charge in [-0.2, -0.15) is 8.42 Å². The monoisotopic (exact) mass is 350 g/mol. The molecule has 0 aromatic heterocycles. The molecule has 0 heterocycles. The maximum atomic E-state index is 10.8. The molecule has 0 fully saturated rings. The fourth-order valence-corrected chi connectivity index (χ4v) is 3.74. The number of hydrogen-bond acceptors (Lipinski definition) is 3. The van der Waals surface area contributed by atoms with Crippen molar-refractivity contribution in [3.8, 4) is 0 Å². The fourth-order valence-electron chi connectivity index (χ4n) is 3.13. The average molecular weight is 351 g/mol. The van der Waals surface area contributed by atoms with Crippen LogP contribution in [0.5, 0.6) is 0 Å². The highest BCUT2D eigenvalue weighted by atomic mass is 32.2. The van der Waals surface area contributed by atoms with Gasteiger partial charge in [0.2, 0.25) is 0 Å². The van der Waals surface area contributed by atoms with Crippen LogP contribution in [0.3, 0.4) is 0 Å². The molecule has 2 N–H and O–H groups in total. The van der Waals surface area contributed by atoms with E-state index in [1.807, 2.05) is 13.8 Å². The number of aliphatic hydroxyl groups is 1. The van der Waals surface area contributed by atoms with Crippen LogP contribution in [0.4, 0.5) is 0 Å². The molecule has 0 amide bonds. The zero-order valence-corrected chi connectivity index (χ0v) is 16.2. The highest BCUT2D eigenvalue weighted by molar-refractivity contribution is 7.85. The van der Waals surface area contributed by atoms with E-state index >= 15 is 0 Å². The van der Waals surface area contributed by atoms with Gasteiger partial charge in [0, 0.05) is 0 Å². The molecule has 140 valence electrons. The summed E-state index contributed by atoms with van der Waals surface area (Å²) >= 11 is 0. The molecule has 0 aromatic carbocycles. The minimum atomic E-state index is -4.09. The molecule has 0 aromatic rings. The maximum absolute atomic E-state index is 10.8. The van der Waals surface area contributed by atoms with Gasteiger partial charge in [0.05, 0.1) is 6.10 Å². The Hall–Kier alpha value is -0.130. The lowest BCUT2D eigenvalue weighted by Gasteiger charge is -2.27. The Kier molecular flexibility index (Phi) is 12.2. The van der Waals surface area contributed by atoms with Crippen molar-refractivity contribution in [1.82, 2.24) is 0 Å². The van der Waals surface area contributed by atoms with Gasteiger partial charge in [-0.25, -0.2) is 0 Å². The highest BCUT2D eigenvalue weighted by Gasteiger charge is 2.24. The standard InChI is InChI=1S/C18H38O4S/c1-4-5-6-7-8-9-10-11-12-13-14-18(2,3)15-17(19)16-23(20,21)22/h17,19H,4-16H2,1-3H3,(H,20,21,22). The Morgan fingerprint density at radius 1 is 0.870 bits per heavy atom. The second kappa shape index (κ2) is 12.3. The van der Waals surface area contributed by atoms with Crippen molar-refractivity contribution >= 4 is 10.1 Å². The fraction of sp³-hybridized carbons (Fsp3) is 1.00. The summed E-state index contributed by atoms with van der Waals surface area (Å²) in [5.41, 5.74) is -0.0930. The number of unbranched alkanes of at least 4 members (excludes halogenated alkanes) is 9. The topological polar surface area (TPSA) is 74.6 Å². The van der Waals surface area contributed by atoms with E-state index in [-0.39, 0.29) is 5.41 Å². The summed E-state index contributed by atoms with van der Waals surface area (Å²) in [6.07, 6.45) is 13.4. The van der Waals surface area contributed by atoms with Crippen molar-refractivity contribution in [2.24, 2.45) is 5.41 Å². The number of rotatable bonds is 15. The molecule has 0 aliphatic carbocycles. The highest BCUT2D eigenvalue weighted by Crippen LogP contribution is 2.30. The molecule has 0 rings (SSSR count). The van der Waals surface area contributed by atoms with Gasteiger partial charge in [0.15, 0.2) is 0 Å². The van der Waals surface area contributed by atoms with Crippen LogP contribution in [0.15, 0.2) is 0 Å². The van der Waals surface area contributed by atoms with Gasteiger partial charge in [-0.05, 0) is 18.3 Å². The van der Waals surface area contributed by atoms with E-state index in [9.17, 15) is 13.5 Å². The molecule has 1 atom stereocenters. The van der Waals surface area contributed by atoms with E-state index in [0.29, 0.717) is 6.42 Å². The summed E-state index contributed by atoms with van der Waals surface area (Å²) in [7, 11) is -4.09. The first kappa shape index (κ1) is 22.9. The van der Waals surface area contributed by atoms with Crippen LogP contribution in [0.25, 0.3) is 0 Å². The molecule has 0 saturated heterocycles. The Morgan fingerprint density at radius 3 is 1.74 bits per heavy atom. The van der Waals surface area contributed by atoms with Crippen molar-refractivity contribution in [3.05, 3.63) is 0 Å². The van der Waals surface area contributed by atoms with Crippen LogP contribution in [-0.2, 0) is 10.1 Å². The van der Waals surface area contributed by atoms with Crippen LogP contribution in [-0.4, -0.2) is 29.9 Å². The average Bonchev–Trinajstić information content (AvgIpc) is 2.37. The largest absolute Gasteiger partial charge is 0.392 e. The van der Waals surface area contributed by atoms with E-state index < -0.39 is 22.0 Å². The normalized spacial score (nSPS) is 14.1. The van der Waals surface area contributed by atoms with E-state index in [1.54, 1.807) is 0 Å². The molecule has 5 heteroatoms. The van der Waals surface area contributed by atoms with Crippen LogP contribution in [0.1, 0.15) is 97.8 Å². The predicted molar refractivity (Wildman–Crippen MR) is 97.3 cm³/mol. The third-order valence-electron chi connectivity index (χ3n) is 4.40. The Bertz CT molecular complexity index is 376. The summed E-state index contributed by atoms with van der Waals surface area (Å²) < 4.78 is 30.3. The lowest BCUT2D eigenvalue weighted by molar-refractivity contribution is 0.123. The number of hydrogen-bond donors (Lipinski definition) is 2. The van der Waals surface area contributed by atoms with Gasteiger partial charge in [-0.15, -0.1) is 0 Å². The first-order valence-corrected chi connectivity index (χ1v) is 10.9. The van der Waals surface area contributed by atoms with Gasteiger partial charge >= 0.3 is 0 Å².